The van der Waals surface area contributed by atoms with Gasteiger partial charge < -0.3 is 5.32 Å². The summed E-state index contributed by atoms with van der Waals surface area (Å²) in [4.78, 5) is 16.4. The lowest BCUT2D eigenvalue weighted by Gasteiger charge is -2.07. The minimum Gasteiger partial charge on any atom is -0.322 e. The highest BCUT2D eigenvalue weighted by atomic mass is 35.5. The number of hydrogen-bond donors (Lipinski definition) is 1. The highest BCUT2D eigenvalue weighted by molar-refractivity contribution is 7.16. The minimum absolute atomic E-state index is 0.251. The zero-order valence-corrected chi connectivity index (χ0v) is 12.4. The number of benzene rings is 2. The highest BCUT2D eigenvalue weighted by Crippen LogP contribution is 2.27. The van der Waals surface area contributed by atoms with Crippen LogP contribution in [0.25, 0.3) is 10.2 Å². The maximum atomic E-state index is 12.2. The zero-order chi connectivity index (χ0) is 14.1. The van der Waals surface area contributed by atoms with Gasteiger partial charge in [0.25, 0.3) is 5.91 Å². The molecule has 0 saturated carbocycles. The number of nitrogens with one attached hydrogen (secondary N) is 1. The van der Waals surface area contributed by atoms with Crippen LogP contribution in [0, 0.1) is 0 Å². The van der Waals surface area contributed by atoms with Crippen LogP contribution in [0.3, 0.4) is 0 Å². The second kappa shape index (κ2) is 5.40. The van der Waals surface area contributed by atoms with Gasteiger partial charge in [0, 0.05) is 5.69 Å². The van der Waals surface area contributed by atoms with Crippen molar-refractivity contribution in [2.75, 3.05) is 5.32 Å². The predicted octanol–water partition coefficient (Wildman–Crippen LogP) is 4.86. The Hall–Kier alpha value is -1.62. The van der Waals surface area contributed by atoms with Crippen molar-refractivity contribution >= 4 is 56.3 Å². The van der Waals surface area contributed by atoms with Gasteiger partial charge in [-0.25, -0.2) is 4.98 Å². The molecule has 0 fully saturated rings. The average molecular weight is 323 g/mol. The molecule has 0 saturated heterocycles. The van der Waals surface area contributed by atoms with Crippen molar-refractivity contribution in [3.63, 3.8) is 0 Å². The van der Waals surface area contributed by atoms with Crippen molar-refractivity contribution in [1.29, 1.82) is 0 Å². The largest absolute Gasteiger partial charge is 0.322 e. The van der Waals surface area contributed by atoms with E-state index >= 15 is 0 Å². The molecule has 1 aromatic heterocycles. The molecular weight excluding hydrogens is 315 g/mol. The Labute approximate surface area is 129 Å². The molecule has 6 heteroatoms. The summed E-state index contributed by atoms with van der Waals surface area (Å²) in [6.07, 6.45) is 0. The maximum Gasteiger partial charge on any atom is 0.257 e. The quantitative estimate of drug-likeness (QED) is 0.732. The highest BCUT2D eigenvalue weighted by Gasteiger charge is 2.13. The molecule has 0 aliphatic rings. The molecule has 0 bridgehead atoms. The Bertz CT molecular complexity index is 801. The second-order valence-electron chi connectivity index (χ2n) is 4.09. The number of fused-ring (bicyclic) bond motifs is 1. The van der Waals surface area contributed by atoms with Crippen molar-refractivity contribution in [3.8, 4) is 0 Å². The molecule has 3 nitrogen and oxygen atoms in total. The molecule has 0 unspecified atom stereocenters. The van der Waals surface area contributed by atoms with Crippen molar-refractivity contribution in [3.05, 3.63) is 57.5 Å². The van der Waals surface area contributed by atoms with E-state index in [1.807, 2.05) is 18.2 Å². The summed E-state index contributed by atoms with van der Waals surface area (Å²) in [6.45, 7) is 0. The summed E-state index contributed by atoms with van der Waals surface area (Å²) in [5, 5.41) is 3.40. The van der Waals surface area contributed by atoms with Crippen LogP contribution in [0.2, 0.25) is 10.0 Å². The van der Waals surface area contributed by atoms with Gasteiger partial charge in [-0.05, 0) is 30.3 Å². The Morgan fingerprint density at radius 2 is 2.05 bits per heavy atom. The van der Waals surface area contributed by atoms with Crippen LogP contribution in [-0.4, -0.2) is 10.9 Å². The van der Waals surface area contributed by atoms with Crippen molar-refractivity contribution < 1.29 is 4.79 Å². The van der Waals surface area contributed by atoms with Gasteiger partial charge in [-0.15, -0.1) is 11.3 Å². The van der Waals surface area contributed by atoms with Crippen LogP contribution in [0.5, 0.6) is 0 Å². The van der Waals surface area contributed by atoms with Gasteiger partial charge in [-0.2, -0.15) is 0 Å². The number of halogens is 2. The van der Waals surface area contributed by atoms with Crippen LogP contribution in [0.1, 0.15) is 10.4 Å². The van der Waals surface area contributed by atoms with E-state index in [0.717, 1.165) is 10.2 Å². The van der Waals surface area contributed by atoms with Gasteiger partial charge in [0.1, 0.15) is 0 Å². The first kappa shape index (κ1) is 13.4. The molecule has 0 aliphatic heterocycles. The number of hydrogen-bond acceptors (Lipinski definition) is 3. The fourth-order valence-corrected chi connectivity index (χ4v) is 2.86. The van der Waals surface area contributed by atoms with E-state index in [2.05, 4.69) is 10.3 Å². The third-order valence-electron chi connectivity index (χ3n) is 2.78. The van der Waals surface area contributed by atoms with Crippen LogP contribution in [-0.2, 0) is 0 Å². The molecule has 1 amide bonds. The van der Waals surface area contributed by atoms with Gasteiger partial charge in [-0.1, -0.05) is 29.3 Å². The van der Waals surface area contributed by atoms with Crippen molar-refractivity contribution in [1.82, 2.24) is 4.98 Å². The molecule has 1 N–H and O–H groups in total. The molecule has 0 aliphatic carbocycles. The first-order chi connectivity index (χ1) is 9.65. The molecule has 0 radical (unpaired) electrons. The van der Waals surface area contributed by atoms with Gasteiger partial charge in [0.2, 0.25) is 0 Å². The summed E-state index contributed by atoms with van der Waals surface area (Å²) in [5.74, 6) is -0.299. The minimum atomic E-state index is -0.299. The third kappa shape index (κ3) is 2.50. The Balaban J connectivity index is 1.90. The molecule has 3 rings (SSSR count). The predicted molar refractivity (Wildman–Crippen MR) is 84.0 cm³/mol. The Kier molecular flexibility index (Phi) is 3.61. The monoisotopic (exact) mass is 322 g/mol. The molecule has 0 spiro atoms. The number of thiazole rings is 1. The Morgan fingerprint density at radius 1 is 1.20 bits per heavy atom. The number of rotatable bonds is 2. The first-order valence-corrected chi connectivity index (χ1v) is 7.37. The number of carbonyl (C=O) groups is 1. The lowest BCUT2D eigenvalue weighted by molar-refractivity contribution is 0.102. The molecule has 3 aromatic rings. The van der Waals surface area contributed by atoms with Gasteiger partial charge >= 0.3 is 0 Å². The van der Waals surface area contributed by atoms with E-state index in [1.54, 1.807) is 35.0 Å². The molecule has 0 atom stereocenters. The fraction of sp³-hybridized carbons (Fsp3) is 0. The second-order valence-corrected chi connectivity index (χ2v) is 5.76. The van der Waals surface area contributed by atoms with Crippen molar-refractivity contribution in [2.45, 2.75) is 0 Å². The zero-order valence-electron chi connectivity index (χ0n) is 10.1. The van der Waals surface area contributed by atoms with Crippen LogP contribution in [0.15, 0.2) is 41.9 Å². The van der Waals surface area contributed by atoms with E-state index in [-0.39, 0.29) is 10.9 Å². The molecule has 1 heterocycles. The molecular formula is C14H8Cl2N2OS. The molecule has 20 heavy (non-hydrogen) atoms. The van der Waals surface area contributed by atoms with E-state index in [1.165, 1.54) is 0 Å². The number of amides is 1. The van der Waals surface area contributed by atoms with Gasteiger partial charge in [-0.3, -0.25) is 4.79 Å². The number of carbonyl (C=O) groups excluding carboxylic acids is 1. The number of anilines is 1. The van der Waals surface area contributed by atoms with Gasteiger partial charge in [0.05, 0.1) is 31.3 Å². The van der Waals surface area contributed by atoms with Crippen molar-refractivity contribution in [2.24, 2.45) is 0 Å². The van der Waals surface area contributed by atoms with E-state index in [9.17, 15) is 4.79 Å². The standard InChI is InChI=1S/C14H8Cl2N2OS/c15-10-3-1-2-9(13(10)16)14(19)18-8-4-5-12-11(6-8)17-7-20-12/h1-7H,(H,18,19). The lowest BCUT2D eigenvalue weighted by atomic mass is 10.2. The fourth-order valence-electron chi connectivity index (χ4n) is 1.81. The van der Waals surface area contributed by atoms with Crippen LogP contribution >= 0.6 is 34.5 Å². The maximum absolute atomic E-state index is 12.2. The number of aromatic nitrogens is 1. The van der Waals surface area contributed by atoms with Crippen LogP contribution < -0.4 is 5.32 Å². The van der Waals surface area contributed by atoms with Gasteiger partial charge in [0.15, 0.2) is 0 Å². The SMILES string of the molecule is O=C(Nc1ccc2scnc2c1)c1cccc(Cl)c1Cl. The molecule has 2 aromatic carbocycles. The summed E-state index contributed by atoms with van der Waals surface area (Å²) >= 11 is 13.5. The van der Waals surface area contributed by atoms with E-state index < -0.39 is 0 Å². The summed E-state index contributed by atoms with van der Waals surface area (Å²) < 4.78 is 1.07. The average Bonchev–Trinajstić information content (AvgIpc) is 2.89. The smallest absolute Gasteiger partial charge is 0.257 e. The van der Waals surface area contributed by atoms with E-state index in [0.29, 0.717) is 16.3 Å². The normalized spacial score (nSPS) is 10.7. The lowest BCUT2D eigenvalue weighted by Crippen LogP contribution is -2.12. The van der Waals surface area contributed by atoms with E-state index in [4.69, 9.17) is 23.2 Å². The first-order valence-electron chi connectivity index (χ1n) is 5.74. The summed E-state index contributed by atoms with van der Waals surface area (Å²) in [7, 11) is 0. The Morgan fingerprint density at radius 3 is 2.90 bits per heavy atom. The number of nitrogens with zero attached hydrogens (tertiary/aromatic N) is 1. The summed E-state index contributed by atoms with van der Waals surface area (Å²) in [6, 6.07) is 10.5. The summed E-state index contributed by atoms with van der Waals surface area (Å²) in [5.41, 5.74) is 3.64. The van der Waals surface area contributed by atoms with Crippen LogP contribution in [0.4, 0.5) is 5.69 Å². The molecule has 100 valence electrons. The third-order valence-corrected chi connectivity index (χ3v) is 4.41. The topological polar surface area (TPSA) is 42.0 Å².